The summed E-state index contributed by atoms with van der Waals surface area (Å²) in [6, 6.07) is 10.7. The minimum absolute atomic E-state index is 0.103. The number of carbonyl (C=O) groups excluding carboxylic acids is 1. The second-order valence-electron chi connectivity index (χ2n) is 8.30. The van der Waals surface area contributed by atoms with Crippen molar-refractivity contribution < 1.29 is 9.18 Å². The topological polar surface area (TPSA) is 70.5 Å². The molecule has 0 spiro atoms. The molecule has 7 nitrogen and oxygen atoms in total. The molecule has 2 heterocycles. The number of carbonyl (C=O) groups is 1. The van der Waals surface area contributed by atoms with Gasteiger partial charge in [0.1, 0.15) is 11.6 Å². The second kappa shape index (κ2) is 9.49. The molecule has 2 atom stereocenters. The van der Waals surface area contributed by atoms with Crippen LogP contribution >= 0.6 is 11.6 Å². The van der Waals surface area contributed by atoms with Crippen molar-refractivity contribution in [2.75, 3.05) is 25.0 Å². The monoisotopic (exact) mass is 471 g/mol. The van der Waals surface area contributed by atoms with Gasteiger partial charge in [0.15, 0.2) is 0 Å². The Balaban J connectivity index is 1.53. The first-order valence-corrected chi connectivity index (χ1v) is 11.4. The second-order valence-corrected chi connectivity index (χ2v) is 8.74. The van der Waals surface area contributed by atoms with Gasteiger partial charge in [0.25, 0.3) is 5.56 Å². The number of rotatable bonds is 4. The van der Waals surface area contributed by atoms with Crippen LogP contribution in [-0.4, -0.2) is 51.1 Å². The fourth-order valence-electron chi connectivity index (χ4n) is 4.39. The van der Waals surface area contributed by atoms with E-state index < -0.39 is 5.82 Å². The maximum Gasteiger partial charge on any atom is 0.322 e. The number of fused-ring (bicyclic) bond motifs is 1. The molecule has 2 unspecified atom stereocenters. The number of anilines is 1. The molecule has 3 aromatic rings. The summed E-state index contributed by atoms with van der Waals surface area (Å²) in [7, 11) is 0. The molecule has 0 radical (unpaired) electrons. The van der Waals surface area contributed by atoms with Crippen molar-refractivity contribution in [2.45, 2.75) is 39.4 Å². The Labute approximate surface area is 196 Å². The lowest BCUT2D eigenvalue weighted by molar-refractivity contribution is 0.0793. The third kappa shape index (κ3) is 4.58. The number of nitrogens with one attached hydrogen (secondary N) is 1. The third-order valence-corrected chi connectivity index (χ3v) is 6.45. The highest BCUT2D eigenvalue weighted by Gasteiger charge is 2.32. The zero-order chi connectivity index (χ0) is 23.7. The van der Waals surface area contributed by atoms with Gasteiger partial charge in [-0.3, -0.25) is 14.3 Å². The van der Waals surface area contributed by atoms with E-state index in [9.17, 15) is 14.0 Å². The minimum atomic E-state index is -0.466. The van der Waals surface area contributed by atoms with Crippen LogP contribution in [-0.2, 0) is 6.54 Å². The van der Waals surface area contributed by atoms with E-state index in [0.717, 1.165) is 0 Å². The fraction of sp³-hybridized carbons (Fsp3) is 0.375. The van der Waals surface area contributed by atoms with Crippen molar-refractivity contribution in [1.82, 2.24) is 19.4 Å². The molecule has 1 aliphatic rings. The zero-order valence-electron chi connectivity index (χ0n) is 18.9. The fourth-order valence-corrected chi connectivity index (χ4v) is 4.56. The van der Waals surface area contributed by atoms with Crippen LogP contribution in [0.15, 0.2) is 47.3 Å². The first-order valence-electron chi connectivity index (χ1n) is 11.1. The number of hydrogen-bond donors (Lipinski definition) is 1. The maximum atomic E-state index is 13.9. The van der Waals surface area contributed by atoms with Gasteiger partial charge < -0.3 is 10.2 Å². The normalized spacial score (nSPS) is 17.8. The molecule has 1 aliphatic heterocycles. The molecule has 9 heteroatoms. The predicted octanol–water partition coefficient (Wildman–Crippen LogP) is 4.51. The molecule has 1 saturated heterocycles. The molecular weight excluding hydrogens is 445 g/mol. The summed E-state index contributed by atoms with van der Waals surface area (Å²) in [5.74, 6) is 0.223. The van der Waals surface area contributed by atoms with Gasteiger partial charge in [-0.15, -0.1) is 0 Å². The number of amides is 2. The van der Waals surface area contributed by atoms with Crippen LogP contribution in [0.4, 0.5) is 14.9 Å². The van der Waals surface area contributed by atoms with Gasteiger partial charge in [-0.25, -0.2) is 14.2 Å². The number of halogens is 2. The van der Waals surface area contributed by atoms with Gasteiger partial charge in [-0.05, 0) is 51.1 Å². The average Bonchev–Trinajstić information content (AvgIpc) is 2.80. The molecule has 1 N–H and O–H groups in total. The quantitative estimate of drug-likeness (QED) is 0.608. The Hall–Kier alpha value is -2.97. The summed E-state index contributed by atoms with van der Waals surface area (Å²) in [5.41, 5.74) is 0.674. The Morgan fingerprint density at radius 1 is 1.27 bits per heavy atom. The highest BCUT2D eigenvalue weighted by molar-refractivity contribution is 6.31. The summed E-state index contributed by atoms with van der Waals surface area (Å²) in [5, 5.41) is 3.67. The smallest absolute Gasteiger partial charge is 0.319 e. The van der Waals surface area contributed by atoms with Gasteiger partial charge in [-0.1, -0.05) is 23.7 Å². The van der Waals surface area contributed by atoms with Crippen LogP contribution in [0.3, 0.4) is 0 Å². The number of para-hydroxylation sites is 1. The SMILES string of the molecule is CCn1c(C(C)N2CCN(C(=O)Nc3ccccc3F)C(C)C2)nc2ccc(Cl)cc2c1=O. The van der Waals surface area contributed by atoms with Crippen LogP contribution in [0.1, 0.15) is 32.6 Å². The Kier molecular flexibility index (Phi) is 6.67. The van der Waals surface area contributed by atoms with Crippen molar-refractivity contribution in [3.63, 3.8) is 0 Å². The van der Waals surface area contributed by atoms with Gasteiger partial charge in [0.2, 0.25) is 0 Å². The predicted molar refractivity (Wildman–Crippen MR) is 128 cm³/mol. The number of piperazine rings is 1. The van der Waals surface area contributed by atoms with Crippen molar-refractivity contribution in [3.05, 3.63) is 69.5 Å². The van der Waals surface area contributed by atoms with E-state index in [2.05, 4.69) is 10.2 Å². The Morgan fingerprint density at radius 3 is 2.73 bits per heavy atom. The van der Waals surface area contributed by atoms with Crippen molar-refractivity contribution in [1.29, 1.82) is 0 Å². The molecule has 0 bridgehead atoms. The lowest BCUT2D eigenvalue weighted by Gasteiger charge is -2.42. The molecule has 33 heavy (non-hydrogen) atoms. The van der Waals surface area contributed by atoms with E-state index in [1.807, 2.05) is 20.8 Å². The number of benzene rings is 2. The van der Waals surface area contributed by atoms with Gasteiger partial charge in [0, 0.05) is 37.2 Å². The van der Waals surface area contributed by atoms with Gasteiger partial charge in [-0.2, -0.15) is 0 Å². The van der Waals surface area contributed by atoms with Crippen LogP contribution < -0.4 is 10.9 Å². The van der Waals surface area contributed by atoms with Crippen LogP contribution in [0.2, 0.25) is 5.02 Å². The first-order chi connectivity index (χ1) is 15.8. The van der Waals surface area contributed by atoms with E-state index in [1.54, 1.807) is 45.9 Å². The van der Waals surface area contributed by atoms with Gasteiger partial charge in [0.05, 0.1) is 22.6 Å². The summed E-state index contributed by atoms with van der Waals surface area (Å²) < 4.78 is 15.6. The molecule has 1 fully saturated rings. The Bertz CT molecular complexity index is 1250. The standard InChI is InChI=1S/C24H27ClFN5O2/c1-4-30-22(27-20-10-9-17(25)13-18(20)23(30)32)16(3)29-11-12-31(15(2)14-29)24(33)28-21-8-6-5-7-19(21)26/h5-10,13,15-16H,4,11-12,14H2,1-3H3,(H,28,33). The van der Waals surface area contributed by atoms with E-state index in [4.69, 9.17) is 16.6 Å². The highest BCUT2D eigenvalue weighted by Crippen LogP contribution is 2.25. The summed E-state index contributed by atoms with van der Waals surface area (Å²) in [6.07, 6.45) is 0. The molecule has 0 aliphatic carbocycles. The van der Waals surface area contributed by atoms with Crippen LogP contribution in [0.5, 0.6) is 0 Å². The maximum absolute atomic E-state index is 13.9. The molecule has 2 aromatic carbocycles. The van der Waals surface area contributed by atoms with Crippen molar-refractivity contribution in [3.8, 4) is 0 Å². The van der Waals surface area contributed by atoms with E-state index in [-0.39, 0.29) is 29.4 Å². The summed E-state index contributed by atoms with van der Waals surface area (Å²) in [6.45, 7) is 8.09. The van der Waals surface area contributed by atoms with E-state index >= 15 is 0 Å². The largest absolute Gasteiger partial charge is 0.322 e. The number of aromatic nitrogens is 2. The van der Waals surface area contributed by atoms with Crippen LogP contribution in [0.25, 0.3) is 10.9 Å². The molecule has 0 saturated carbocycles. The summed E-state index contributed by atoms with van der Waals surface area (Å²) in [4.78, 5) is 34.6. The highest BCUT2D eigenvalue weighted by atomic mass is 35.5. The van der Waals surface area contributed by atoms with E-state index in [1.165, 1.54) is 6.07 Å². The molecule has 1 aromatic heterocycles. The zero-order valence-corrected chi connectivity index (χ0v) is 19.6. The van der Waals surface area contributed by atoms with E-state index in [0.29, 0.717) is 47.9 Å². The lowest BCUT2D eigenvalue weighted by atomic mass is 10.1. The lowest BCUT2D eigenvalue weighted by Crippen LogP contribution is -2.55. The van der Waals surface area contributed by atoms with Crippen molar-refractivity contribution >= 4 is 34.2 Å². The molecular formula is C24H27ClFN5O2. The number of hydrogen-bond acceptors (Lipinski definition) is 4. The average molecular weight is 472 g/mol. The summed E-state index contributed by atoms with van der Waals surface area (Å²) >= 11 is 6.08. The number of urea groups is 1. The van der Waals surface area contributed by atoms with Crippen LogP contribution in [0, 0.1) is 5.82 Å². The third-order valence-electron chi connectivity index (χ3n) is 6.22. The number of nitrogens with zero attached hydrogens (tertiary/aromatic N) is 4. The minimum Gasteiger partial charge on any atom is -0.319 e. The molecule has 174 valence electrons. The molecule has 4 rings (SSSR count). The van der Waals surface area contributed by atoms with Crippen molar-refractivity contribution in [2.24, 2.45) is 0 Å². The first kappa shape index (κ1) is 23.2. The molecule has 2 amide bonds. The van der Waals surface area contributed by atoms with Gasteiger partial charge >= 0.3 is 6.03 Å². The Morgan fingerprint density at radius 2 is 2.03 bits per heavy atom.